The number of benzene rings is 2. The van der Waals surface area contributed by atoms with E-state index in [-0.39, 0.29) is 11.8 Å². The maximum atomic E-state index is 13.8. The fourth-order valence-electron chi connectivity index (χ4n) is 3.75. The zero-order valence-electron chi connectivity index (χ0n) is 19.7. The number of carboxylic acid groups (broad SMARTS) is 1. The summed E-state index contributed by atoms with van der Waals surface area (Å²) in [4.78, 5) is 49.8. The maximum Gasteiger partial charge on any atom is 0.305 e. The molecule has 0 heterocycles. The minimum atomic E-state index is -1.88. The maximum absolute atomic E-state index is 13.8. The third-order valence-electron chi connectivity index (χ3n) is 5.55. The number of nitrogens with one attached hydrogen (secondary N) is 1. The van der Waals surface area contributed by atoms with Crippen LogP contribution in [0.25, 0.3) is 0 Å². The number of rotatable bonds is 12. The Morgan fingerprint density at radius 2 is 1.50 bits per heavy atom. The minimum Gasteiger partial charge on any atom is -0.481 e. The number of aliphatic carboxylic acids is 1. The van der Waals surface area contributed by atoms with Gasteiger partial charge in [-0.15, -0.1) is 0 Å². The van der Waals surface area contributed by atoms with Gasteiger partial charge in [0.25, 0.3) is 0 Å². The molecule has 0 bridgehead atoms. The van der Waals surface area contributed by atoms with Crippen LogP contribution < -0.4 is 10.1 Å². The normalized spacial score (nSPS) is 13.6. The van der Waals surface area contributed by atoms with Gasteiger partial charge in [0.15, 0.2) is 29.0 Å². The number of ether oxygens (including phenoxy) is 1. The molecule has 11 heteroatoms. The summed E-state index contributed by atoms with van der Waals surface area (Å²) in [5.41, 5.74) is 0.362. The van der Waals surface area contributed by atoms with Gasteiger partial charge in [-0.25, -0.2) is 8.78 Å². The van der Waals surface area contributed by atoms with Crippen molar-refractivity contribution < 1.29 is 46.6 Å². The molecule has 0 saturated carbocycles. The lowest BCUT2D eigenvalue weighted by Crippen LogP contribution is -2.49. The van der Waals surface area contributed by atoms with Crippen molar-refractivity contribution in [2.75, 3.05) is 6.61 Å². The summed E-state index contributed by atoms with van der Waals surface area (Å²) in [6.07, 6.45) is -0.914. The standard InChI is InChI=1S/C25H25F4NO6/c1-12(2)20(13(3)23(34)14-7-5-4-6-8-14)25(35)30-17(10-19(32)33)18(31)11-36-24-21(28)15(26)9-16(27)22(24)29/h4-9,12-13,17,20H,10-11H2,1-3H3,(H,30,35)(H,32,33)/t13?,17-,20+/m0/s1. The monoisotopic (exact) mass is 511 g/mol. The second kappa shape index (κ2) is 12.3. The molecule has 0 aliphatic rings. The van der Waals surface area contributed by atoms with Crippen molar-refractivity contribution >= 4 is 23.4 Å². The molecule has 36 heavy (non-hydrogen) atoms. The van der Waals surface area contributed by atoms with Crippen molar-refractivity contribution in [3.63, 3.8) is 0 Å². The van der Waals surface area contributed by atoms with Crippen molar-refractivity contribution in [3.05, 3.63) is 65.2 Å². The number of carbonyl (C=O) groups is 4. The predicted molar refractivity (Wildman–Crippen MR) is 119 cm³/mol. The lowest BCUT2D eigenvalue weighted by atomic mass is 9.79. The number of ketones is 2. The average molecular weight is 511 g/mol. The largest absolute Gasteiger partial charge is 0.481 e. The molecule has 2 aromatic carbocycles. The SMILES string of the molecule is CC(C)[C@@H](C(=O)N[C@@H](CC(=O)O)C(=O)COc1c(F)c(F)cc(F)c1F)C(C)C(=O)c1ccccc1. The lowest BCUT2D eigenvalue weighted by Gasteiger charge is -2.27. The van der Waals surface area contributed by atoms with Gasteiger partial charge < -0.3 is 15.2 Å². The molecule has 2 rings (SSSR count). The molecule has 2 N–H and O–H groups in total. The van der Waals surface area contributed by atoms with Crippen LogP contribution in [-0.2, 0) is 14.4 Å². The molecule has 0 fully saturated rings. The zero-order valence-corrected chi connectivity index (χ0v) is 19.7. The lowest BCUT2D eigenvalue weighted by molar-refractivity contribution is -0.141. The second-order valence-electron chi connectivity index (χ2n) is 8.50. The Hall–Kier alpha value is -3.76. The van der Waals surface area contributed by atoms with Crippen molar-refractivity contribution in [3.8, 4) is 5.75 Å². The van der Waals surface area contributed by atoms with E-state index >= 15 is 0 Å². The fourth-order valence-corrected chi connectivity index (χ4v) is 3.75. The number of carboxylic acids is 1. The van der Waals surface area contributed by atoms with E-state index in [1.807, 2.05) is 0 Å². The Morgan fingerprint density at radius 1 is 0.944 bits per heavy atom. The molecule has 0 aromatic heterocycles. The molecule has 0 saturated heterocycles. The highest BCUT2D eigenvalue weighted by atomic mass is 19.2. The van der Waals surface area contributed by atoms with Gasteiger partial charge in [0.1, 0.15) is 12.6 Å². The highest BCUT2D eigenvalue weighted by Crippen LogP contribution is 2.27. The smallest absolute Gasteiger partial charge is 0.305 e. The van der Waals surface area contributed by atoms with E-state index in [9.17, 15) is 36.7 Å². The molecule has 1 unspecified atom stereocenters. The molecular formula is C25H25F4NO6. The number of carbonyl (C=O) groups excluding carboxylic acids is 3. The van der Waals surface area contributed by atoms with Gasteiger partial charge in [0.2, 0.25) is 17.5 Å². The third-order valence-corrected chi connectivity index (χ3v) is 5.55. The first-order valence-corrected chi connectivity index (χ1v) is 10.9. The zero-order chi connectivity index (χ0) is 27.2. The average Bonchev–Trinajstić information content (AvgIpc) is 2.81. The van der Waals surface area contributed by atoms with Gasteiger partial charge in [-0.1, -0.05) is 51.1 Å². The summed E-state index contributed by atoms with van der Waals surface area (Å²) in [7, 11) is 0. The molecule has 0 radical (unpaired) electrons. The van der Waals surface area contributed by atoms with Crippen LogP contribution in [0.2, 0.25) is 0 Å². The highest BCUT2D eigenvalue weighted by Gasteiger charge is 2.36. The van der Waals surface area contributed by atoms with E-state index in [1.54, 1.807) is 44.2 Å². The number of amides is 1. The Morgan fingerprint density at radius 3 is 2.00 bits per heavy atom. The summed E-state index contributed by atoms with van der Waals surface area (Å²) >= 11 is 0. The van der Waals surface area contributed by atoms with E-state index < -0.39 is 83.5 Å². The fraction of sp³-hybridized carbons (Fsp3) is 0.360. The van der Waals surface area contributed by atoms with Crippen LogP contribution in [0.4, 0.5) is 17.6 Å². The van der Waals surface area contributed by atoms with Crippen LogP contribution in [0, 0.1) is 41.0 Å². The molecule has 3 atom stereocenters. The van der Waals surface area contributed by atoms with E-state index in [4.69, 9.17) is 5.11 Å². The molecule has 7 nitrogen and oxygen atoms in total. The van der Waals surface area contributed by atoms with E-state index in [0.717, 1.165) is 0 Å². The first-order chi connectivity index (χ1) is 16.8. The molecule has 2 aromatic rings. The number of halogens is 4. The molecule has 0 aliphatic heterocycles. The van der Waals surface area contributed by atoms with Crippen LogP contribution in [0.3, 0.4) is 0 Å². The summed E-state index contributed by atoms with van der Waals surface area (Å²) in [6, 6.07) is 6.43. The summed E-state index contributed by atoms with van der Waals surface area (Å²) in [5, 5.41) is 11.4. The van der Waals surface area contributed by atoms with E-state index in [1.165, 1.54) is 6.92 Å². The van der Waals surface area contributed by atoms with Gasteiger partial charge in [0.05, 0.1) is 12.3 Å². The Labute approximate surface area is 204 Å². The van der Waals surface area contributed by atoms with Crippen molar-refractivity contribution in [2.45, 2.75) is 33.2 Å². The van der Waals surface area contributed by atoms with Crippen molar-refractivity contribution in [2.24, 2.45) is 17.8 Å². The number of Topliss-reactive ketones (excluding diaryl/α,β-unsaturated/α-hetero) is 2. The van der Waals surface area contributed by atoms with Crippen LogP contribution in [0.1, 0.15) is 37.6 Å². The van der Waals surface area contributed by atoms with Crippen molar-refractivity contribution in [1.29, 1.82) is 0 Å². The summed E-state index contributed by atoms with van der Waals surface area (Å²) < 4.78 is 58.9. The Kier molecular flexibility index (Phi) is 9.71. The third kappa shape index (κ3) is 6.89. The second-order valence-corrected chi connectivity index (χ2v) is 8.50. The summed E-state index contributed by atoms with van der Waals surface area (Å²) in [6.45, 7) is 3.67. The van der Waals surface area contributed by atoms with Gasteiger partial charge in [-0.3, -0.25) is 19.2 Å². The number of hydrogen-bond acceptors (Lipinski definition) is 5. The molecule has 0 spiro atoms. The van der Waals surface area contributed by atoms with Gasteiger partial charge in [0, 0.05) is 17.5 Å². The summed E-state index contributed by atoms with van der Waals surface area (Å²) in [5.74, 6) is -14.7. The van der Waals surface area contributed by atoms with Gasteiger partial charge >= 0.3 is 5.97 Å². The van der Waals surface area contributed by atoms with Crippen LogP contribution >= 0.6 is 0 Å². The highest BCUT2D eigenvalue weighted by molar-refractivity contribution is 6.01. The van der Waals surface area contributed by atoms with Crippen LogP contribution in [-0.4, -0.2) is 41.2 Å². The molecule has 0 aliphatic carbocycles. The van der Waals surface area contributed by atoms with Gasteiger partial charge in [-0.05, 0) is 5.92 Å². The molecule has 1 amide bonds. The van der Waals surface area contributed by atoms with Gasteiger partial charge in [-0.2, -0.15) is 8.78 Å². The molecular weight excluding hydrogens is 486 g/mol. The van der Waals surface area contributed by atoms with Crippen LogP contribution in [0.15, 0.2) is 36.4 Å². The predicted octanol–water partition coefficient (Wildman–Crippen LogP) is 3.94. The molecule has 194 valence electrons. The Bertz CT molecular complexity index is 1110. The first kappa shape index (κ1) is 28.5. The van der Waals surface area contributed by atoms with E-state index in [0.29, 0.717) is 5.56 Å². The Balaban J connectivity index is 2.21. The van der Waals surface area contributed by atoms with E-state index in [2.05, 4.69) is 10.1 Å². The minimum absolute atomic E-state index is 0.0449. The topological polar surface area (TPSA) is 110 Å². The first-order valence-electron chi connectivity index (χ1n) is 10.9. The number of hydrogen-bond donors (Lipinski definition) is 2. The van der Waals surface area contributed by atoms with Crippen molar-refractivity contribution in [1.82, 2.24) is 5.32 Å². The quantitative estimate of drug-likeness (QED) is 0.254. The van der Waals surface area contributed by atoms with Crippen LogP contribution in [0.5, 0.6) is 5.75 Å².